The van der Waals surface area contributed by atoms with Crippen LogP contribution in [-0.2, 0) is 14.6 Å². The molecular formula is C17H28N2O3S. The molecule has 2 rings (SSSR count). The predicted molar refractivity (Wildman–Crippen MR) is 92.4 cm³/mol. The average Bonchev–Trinajstić information content (AvgIpc) is 2.52. The van der Waals surface area contributed by atoms with Crippen LogP contribution in [0.5, 0.6) is 0 Å². The molecule has 5 nitrogen and oxygen atoms in total. The van der Waals surface area contributed by atoms with Crippen LogP contribution in [0, 0.1) is 0 Å². The molecule has 1 fully saturated rings. The molecule has 0 saturated carbocycles. The summed E-state index contributed by atoms with van der Waals surface area (Å²) in [6.07, 6.45) is 3.27. The molecule has 130 valence electrons. The lowest BCUT2D eigenvalue weighted by atomic mass is 9.88. The van der Waals surface area contributed by atoms with Gasteiger partial charge in [0.2, 0.25) is 0 Å². The van der Waals surface area contributed by atoms with Crippen molar-refractivity contribution in [3.05, 3.63) is 29.8 Å². The minimum Gasteiger partial charge on any atom is -0.381 e. The Balaban J connectivity index is 2.02. The zero-order chi connectivity index (χ0) is 17.1. The second-order valence-electron chi connectivity index (χ2n) is 6.67. The molecule has 1 aromatic rings. The van der Waals surface area contributed by atoms with Gasteiger partial charge in [0.1, 0.15) is 0 Å². The molecule has 0 aromatic heterocycles. The molecule has 0 spiro atoms. The van der Waals surface area contributed by atoms with Gasteiger partial charge in [-0.05, 0) is 51.6 Å². The third-order valence-electron chi connectivity index (χ3n) is 4.92. The van der Waals surface area contributed by atoms with E-state index in [0.29, 0.717) is 4.90 Å². The number of nitrogens with zero attached hydrogens (tertiary/aromatic N) is 1. The Bertz CT molecular complexity index is 605. The lowest BCUT2D eigenvalue weighted by molar-refractivity contribution is -0.00807. The minimum absolute atomic E-state index is 0.124. The number of benzene rings is 1. The van der Waals surface area contributed by atoms with Gasteiger partial charge in [-0.25, -0.2) is 8.42 Å². The lowest BCUT2D eigenvalue weighted by Gasteiger charge is -2.43. The summed E-state index contributed by atoms with van der Waals surface area (Å²) in [5.74, 6) is 0. The monoisotopic (exact) mass is 340 g/mol. The van der Waals surface area contributed by atoms with Crippen molar-refractivity contribution in [1.82, 2.24) is 10.2 Å². The number of hydrogen-bond donors (Lipinski definition) is 1. The van der Waals surface area contributed by atoms with Crippen LogP contribution in [0.4, 0.5) is 0 Å². The van der Waals surface area contributed by atoms with E-state index in [4.69, 9.17) is 4.74 Å². The number of nitrogens with one attached hydrogen (secondary N) is 1. The Morgan fingerprint density at radius 1 is 1.22 bits per heavy atom. The molecule has 1 atom stereocenters. The third-order valence-corrected chi connectivity index (χ3v) is 6.05. The van der Waals surface area contributed by atoms with Crippen molar-refractivity contribution >= 4 is 9.84 Å². The number of hydrogen-bond acceptors (Lipinski definition) is 5. The van der Waals surface area contributed by atoms with E-state index in [2.05, 4.69) is 31.2 Å². The maximum Gasteiger partial charge on any atom is 0.175 e. The summed E-state index contributed by atoms with van der Waals surface area (Å²) in [6, 6.07) is 7.31. The smallest absolute Gasteiger partial charge is 0.175 e. The standard InChI is InChI=1S/C17H28N2O3S/c1-14(15-5-7-16(8-6-15)23(4,20)21)18-13-17(19(2)3)9-11-22-12-10-17/h5-8,14,18H,9-13H2,1-4H3/t14-/m0/s1. The summed E-state index contributed by atoms with van der Waals surface area (Å²) in [6.45, 7) is 4.60. The van der Waals surface area contributed by atoms with Crippen LogP contribution in [0.3, 0.4) is 0 Å². The summed E-state index contributed by atoms with van der Waals surface area (Å²) >= 11 is 0. The molecule has 6 heteroatoms. The largest absolute Gasteiger partial charge is 0.381 e. The van der Waals surface area contributed by atoms with Crippen LogP contribution >= 0.6 is 0 Å². The van der Waals surface area contributed by atoms with Crippen LogP contribution in [-0.4, -0.2) is 59.0 Å². The van der Waals surface area contributed by atoms with Crippen molar-refractivity contribution in [2.24, 2.45) is 0 Å². The van der Waals surface area contributed by atoms with Gasteiger partial charge in [0.15, 0.2) is 9.84 Å². The highest BCUT2D eigenvalue weighted by Gasteiger charge is 2.34. The van der Waals surface area contributed by atoms with Crippen LogP contribution in [0.25, 0.3) is 0 Å². The van der Waals surface area contributed by atoms with Gasteiger partial charge in [-0.1, -0.05) is 12.1 Å². The molecule has 0 unspecified atom stereocenters. The number of rotatable bonds is 6. The zero-order valence-corrected chi connectivity index (χ0v) is 15.3. The van der Waals surface area contributed by atoms with Gasteiger partial charge in [-0.3, -0.25) is 0 Å². The molecule has 23 heavy (non-hydrogen) atoms. The average molecular weight is 340 g/mol. The lowest BCUT2D eigenvalue weighted by Crippen LogP contribution is -2.55. The second-order valence-corrected chi connectivity index (χ2v) is 8.69. The normalized spacial score (nSPS) is 19.7. The van der Waals surface area contributed by atoms with Gasteiger partial charge in [0.05, 0.1) is 4.90 Å². The minimum atomic E-state index is -3.14. The van der Waals surface area contributed by atoms with Gasteiger partial charge < -0.3 is 15.0 Å². The van der Waals surface area contributed by atoms with Crippen LogP contribution in [0.15, 0.2) is 29.2 Å². The highest BCUT2D eigenvalue weighted by Crippen LogP contribution is 2.26. The predicted octanol–water partition coefficient (Wildman–Crippen LogP) is 1.85. The molecule has 0 amide bonds. The zero-order valence-electron chi connectivity index (χ0n) is 14.5. The van der Waals surface area contributed by atoms with E-state index in [9.17, 15) is 8.42 Å². The highest BCUT2D eigenvalue weighted by atomic mass is 32.2. The summed E-state index contributed by atoms with van der Waals surface area (Å²) in [5.41, 5.74) is 1.22. The summed E-state index contributed by atoms with van der Waals surface area (Å²) < 4.78 is 28.6. The van der Waals surface area contributed by atoms with Crippen molar-refractivity contribution in [3.63, 3.8) is 0 Å². The summed E-state index contributed by atoms with van der Waals surface area (Å²) in [4.78, 5) is 2.66. The molecule has 1 heterocycles. The molecule has 0 radical (unpaired) electrons. The molecule has 1 aromatic carbocycles. The maximum absolute atomic E-state index is 11.5. The Hall–Kier alpha value is -0.950. The molecule has 1 saturated heterocycles. The Labute approximate surface area is 139 Å². The van der Waals surface area contributed by atoms with E-state index < -0.39 is 9.84 Å². The van der Waals surface area contributed by atoms with Gasteiger partial charge in [-0.15, -0.1) is 0 Å². The third kappa shape index (κ3) is 4.53. The number of sulfone groups is 1. The van der Waals surface area contributed by atoms with Crippen molar-refractivity contribution in [3.8, 4) is 0 Å². The van der Waals surface area contributed by atoms with Crippen molar-refractivity contribution < 1.29 is 13.2 Å². The first-order chi connectivity index (χ1) is 10.7. The van der Waals surface area contributed by atoms with Crippen molar-refractivity contribution in [2.75, 3.05) is 40.1 Å². The first-order valence-corrected chi connectivity index (χ1v) is 9.92. The van der Waals surface area contributed by atoms with E-state index in [1.807, 2.05) is 12.1 Å². The van der Waals surface area contributed by atoms with Crippen LogP contribution < -0.4 is 5.32 Å². The highest BCUT2D eigenvalue weighted by molar-refractivity contribution is 7.90. The molecule has 1 aliphatic heterocycles. The fourth-order valence-corrected chi connectivity index (χ4v) is 3.63. The van der Waals surface area contributed by atoms with E-state index in [1.165, 1.54) is 6.26 Å². The summed E-state index contributed by atoms with van der Waals surface area (Å²) in [7, 11) is 1.11. The van der Waals surface area contributed by atoms with E-state index >= 15 is 0 Å². The van der Waals surface area contributed by atoms with Gasteiger partial charge in [0, 0.05) is 37.6 Å². The number of ether oxygens (including phenoxy) is 1. The summed E-state index contributed by atoms with van der Waals surface area (Å²) in [5, 5.41) is 3.60. The Morgan fingerprint density at radius 2 is 1.78 bits per heavy atom. The van der Waals surface area contributed by atoms with Crippen LogP contribution in [0.2, 0.25) is 0 Å². The van der Waals surface area contributed by atoms with E-state index in [1.54, 1.807) is 12.1 Å². The van der Waals surface area contributed by atoms with Gasteiger partial charge >= 0.3 is 0 Å². The molecule has 1 aliphatic rings. The molecule has 0 aliphatic carbocycles. The fraction of sp³-hybridized carbons (Fsp3) is 0.647. The molecule has 1 N–H and O–H groups in total. The van der Waals surface area contributed by atoms with E-state index in [-0.39, 0.29) is 11.6 Å². The first kappa shape index (κ1) is 18.4. The van der Waals surface area contributed by atoms with E-state index in [0.717, 1.165) is 38.2 Å². The molecule has 0 bridgehead atoms. The van der Waals surface area contributed by atoms with Crippen molar-refractivity contribution in [1.29, 1.82) is 0 Å². The molecular weight excluding hydrogens is 312 g/mol. The van der Waals surface area contributed by atoms with Gasteiger partial charge in [-0.2, -0.15) is 0 Å². The fourth-order valence-electron chi connectivity index (χ4n) is 3.00. The SMILES string of the molecule is C[C@H](NCC1(N(C)C)CCOCC1)c1ccc(S(C)(=O)=O)cc1. The van der Waals surface area contributed by atoms with Crippen LogP contribution in [0.1, 0.15) is 31.4 Å². The number of likely N-dealkylation sites (N-methyl/N-ethyl adjacent to an activating group) is 1. The Kier molecular flexibility index (Phi) is 5.84. The topological polar surface area (TPSA) is 58.6 Å². The van der Waals surface area contributed by atoms with Gasteiger partial charge in [0.25, 0.3) is 0 Å². The first-order valence-electron chi connectivity index (χ1n) is 8.03. The second kappa shape index (κ2) is 7.30. The quantitative estimate of drug-likeness (QED) is 0.856. The van der Waals surface area contributed by atoms with Crippen molar-refractivity contribution in [2.45, 2.75) is 36.2 Å². The Morgan fingerprint density at radius 3 is 2.26 bits per heavy atom. The maximum atomic E-state index is 11.5.